The van der Waals surface area contributed by atoms with Crippen molar-refractivity contribution >= 4 is 23.2 Å². The largest absolute Gasteiger partial charge is 0.329 e. The van der Waals surface area contributed by atoms with Crippen LogP contribution in [0, 0.1) is 0 Å². The van der Waals surface area contributed by atoms with Crippen molar-refractivity contribution in [1.82, 2.24) is 20.1 Å². The Labute approximate surface area is 138 Å². The highest BCUT2D eigenvalue weighted by Crippen LogP contribution is 2.25. The summed E-state index contributed by atoms with van der Waals surface area (Å²) in [5.41, 5.74) is 1.99. The van der Waals surface area contributed by atoms with Crippen molar-refractivity contribution in [1.29, 1.82) is 0 Å². The van der Waals surface area contributed by atoms with Crippen LogP contribution in [0.15, 0.2) is 48.0 Å². The third kappa shape index (κ3) is 3.75. The minimum Gasteiger partial charge on any atom is -0.329 e. The lowest BCUT2D eigenvalue weighted by Crippen LogP contribution is -2.31. The number of carbonyl (C=O) groups excluding carboxylic acids is 1. The van der Waals surface area contributed by atoms with Gasteiger partial charge in [0.15, 0.2) is 5.82 Å². The summed E-state index contributed by atoms with van der Waals surface area (Å²) < 4.78 is 1.63. The number of aromatic nitrogens is 3. The zero-order valence-electron chi connectivity index (χ0n) is 12.9. The quantitative estimate of drug-likeness (QED) is 0.771. The summed E-state index contributed by atoms with van der Waals surface area (Å²) in [5, 5.41) is 12.5. The first-order chi connectivity index (χ1) is 11.1. The predicted octanol–water partition coefficient (Wildman–Crippen LogP) is 3.43. The molecule has 0 saturated heterocycles. The Hall–Kier alpha value is -2.67. The molecule has 0 aliphatic carbocycles. The Morgan fingerprint density at radius 3 is 2.74 bits per heavy atom. The maximum atomic E-state index is 12.0. The number of carbonyl (C=O) groups is 1. The summed E-state index contributed by atoms with van der Waals surface area (Å²) in [5.74, 6) is 0.515. The Morgan fingerprint density at radius 2 is 2.04 bits per heavy atom. The van der Waals surface area contributed by atoms with E-state index in [4.69, 9.17) is 0 Å². The van der Waals surface area contributed by atoms with Gasteiger partial charge in [0, 0.05) is 30.3 Å². The van der Waals surface area contributed by atoms with Gasteiger partial charge in [0.2, 0.25) is 0 Å². The number of hydrogen-bond donors (Lipinski definition) is 2. The molecule has 0 unspecified atom stereocenters. The monoisotopic (exact) mass is 327 g/mol. The van der Waals surface area contributed by atoms with Gasteiger partial charge in [-0.15, -0.1) is 11.3 Å². The highest BCUT2D eigenvalue weighted by Gasteiger charge is 2.14. The number of amides is 2. The summed E-state index contributed by atoms with van der Waals surface area (Å²) in [6, 6.07) is 11.2. The molecule has 7 heteroatoms. The van der Waals surface area contributed by atoms with Crippen LogP contribution in [0.5, 0.6) is 0 Å². The van der Waals surface area contributed by atoms with E-state index in [2.05, 4.69) is 20.7 Å². The number of hydrogen-bond acceptors (Lipinski definition) is 4. The lowest BCUT2D eigenvalue weighted by atomic mass is 10.2. The van der Waals surface area contributed by atoms with Gasteiger partial charge in [-0.1, -0.05) is 30.3 Å². The fraction of sp³-hybridized carbons (Fsp3) is 0.188. The van der Waals surface area contributed by atoms with Gasteiger partial charge < -0.3 is 5.32 Å². The van der Waals surface area contributed by atoms with Crippen LogP contribution in [0.2, 0.25) is 0 Å². The summed E-state index contributed by atoms with van der Waals surface area (Å²) in [4.78, 5) is 16.6. The molecule has 2 heterocycles. The normalized spacial score (nSPS) is 11.9. The zero-order chi connectivity index (χ0) is 16.2. The van der Waals surface area contributed by atoms with Gasteiger partial charge >= 0.3 is 6.03 Å². The Morgan fingerprint density at radius 1 is 1.26 bits per heavy atom. The van der Waals surface area contributed by atoms with Crippen LogP contribution < -0.4 is 10.6 Å². The van der Waals surface area contributed by atoms with Crippen LogP contribution in [0.1, 0.15) is 18.0 Å². The molecule has 0 spiro atoms. The van der Waals surface area contributed by atoms with E-state index in [0.717, 1.165) is 16.3 Å². The second kappa shape index (κ2) is 6.62. The summed E-state index contributed by atoms with van der Waals surface area (Å²) in [7, 11) is 1.80. The molecule has 0 saturated carbocycles. The number of aryl methyl sites for hydroxylation is 1. The second-order valence-electron chi connectivity index (χ2n) is 5.13. The minimum atomic E-state index is -0.298. The van der Waals surface area contributed by atoms with E-state index in [9.17, 15) is 4.79 Å². The van der Waals surface area contributed by atoms with Crippen LogP contribution in [0.3, 0.4) is 0 Å². The number of nitrogens with zero attached hydrogens (tertiary/aromatic N) is 3. The van der Waals surface area contributed by atoms with Crippen molar-refractivity contribution < 1.29 is 4.79 Å². The predicted molar refractivity (Wildman–Crippen MR) is 91.3 cm³/mol. The SMILES string of the molecule is C[C@H](NC(=O)Nc1ccn(C)n1)c1nc(-c2ccccc2)cs1. The molecule has 2 aromatic heterocycles. The first-order valence-electron chi connectivity index (χ1n) is 7.20. The fourth-order valence-corrected chi connectivity index (χ4v) is 2.96. The molecule has 0 radical (unpaired) electrons. The maximum absolute atomic E-state index is 12.0. The molecule has 3 rings (SSSR count). The topological polar surface area (TPSA) is 71.8 Å². The second-order valence-corrected chi connectivity index (χ2v) is 6.02. The molecule has 0 fully saturated rings. The molecular weight excluding hydrogens is 310 g/mol. The number of benzene rings is 1. The third-order valence-corrected chi connectivity index (χ3v) is 4.29. The van der Waals surface area contributed by atoms with Crippen molar-refractivity contribution in [2.45, 2.75) is 13.0 Å². The number of thiazole rings is 1. The van der Waals surface area contributed by atoms with Gasteiger partial charge in [0.05, 0.1) is 11.7 Å². The van der Waals surface area contributed by atoms with E-state index in [0.29, 0.717) is 5.82 Å². The third-order valence-electron chi connectivity index (χ3n) is 3.26. The van der Waals surface area contributed by atoms with Crippen molar-refractivity contribution in [3.63, 3.8) is 0 Å². The lowest BCUT2D eigenvalue weighted by molar-refractivity contribution is 0.249. The highest BCUT2D eigenvalue weighted by atomic mass is 32.1. The molecule has 1 atom stereocenters. The number of nitrogens with one attached hydrogen (secondary N) is 2. The van der Waals surface area contributed by atoms with Crippen molar-refractivity contribution in [2.75, 3.05) is 5.32 Å². The highest BCUT2D eigenvalue weighted by molar-refractivity contribution is 7.10. The van der Waals surface area contributed by atoms with Crippen LogP contribution in [-0.2, 0) is 7.05 Å². The van der Waals surface area contributed by atoms with Gasteiger partial charge in [-0.25, -0.2) is 9.78 Å². The van der Waals surface area contributed by atoms with Gasteiger partial charge in [0.25, 0.3) is 0 Å². The van der Waals surface area contributed by atoms with Gasteiger partial charge in [-0.05, 0) is 6.92 Å². The van der Waals surface area contributed by atoms with E-state index >= 15 is 0 Å². The molecule has 23 heavy (non-hydrogen) atoms. The van der Waals surface area contributed by atoms with Crippen molar-refractivity contribution in [2.24, 2.45) is 7.05 Å². The Bertz CT molecular complexity index is 796. The van der Waals surface area contributed by atoms with E-state index in [1.807, 2.05) is 42.6 Å². The first-order valence-corrected chi connectivity index (χ1v) is 8.08. The van der Waals surface area contributed by atoms with Gasteiger partial charge in [-0.3, -0.25) is 10.00 Å². The van der Waals surface area contributed by atoms with E-state index in [1.165, 1.54) is 11.3 Å². The van der Waals surface area contributed by atoms with E-state index < -0.39 is 0 Å². The number of anilines is 1. The summed E-state index contributed by atoms with van der Waals surface area (Å²) >= 11 is 1.53. The zero-order valence-corrected chi connectivity index (χ0v) is 13.7. The van der Waals surface area contributed by atoms with E-state index in [1.54, 1.807) is 24.0 Å². The average molecular weight is 327 g/mol. The summed E-state index contributed by atoms with van der Waals surface area (Å²) in [6.07, 6.45) is 1.77. The summed E-state index contributed by atoms with van der Waals surface area (Å²) in [6.45, 7) is 1.91. The molecule has 2 N–H and O–H groups in total. The fourth-order valence-electron chi connectivity index (χ4n) is 2.12. The smallest absolute Gasteiger partial charge is 0.321 e. The molecule has 0 aliphatic rings. The standard InChI is InChI=1S/C16H17N5OS/c1-11(17-16(22)19-14-8-9-21(2)20-14)15-18-13(10-23-15)12-6-4-3-5-7-12/h3-11H,1-2H3,(H2,17,19,20,22)/t11-/m0/s1. The Kier molecular flexibility index (Phi) is 4.38. The molecule has 3 aromatic rings. The average Bonchev–Trinajstić information content (AvgIpc) is 3.17. The van der Waals surface area contributed by atoms with Crippen LogP contribution in [-0.4, -0.2) is 20.8 Å². The molecule has 0 bridgehead atoms. The van der Waals surface area contributed by atoms with Crippen LogP contribution in [0.4, 0.5) is 10.6 Å². The Balaban J connectivity index is 1.63. The maximum Gasteiger partial charge on any atom is 0.321 e. The van der Waals surface area contributed by atoms with Crippen LogP contribution >= 0.6 is 11.3 Å². The molecule has 1 aromatic carbocycles. The van der Waals surface area contributed by atoms with Crippen molar-refractivity contribution in [3.05, 3.63) is 53.0 Å². The molecular formula is C16H17N5OS. The molecule has 2 amide bonds. The molecule has 0 aliphatic heterocycles. The van der Waals surface area contributed by atoms with Gasteiger partial charge in [0.1, 0.15) is 5.01 Å². The van der Waals surface area contributed by atoms with E-state index in [-0.39, 0.29) is 12.1 Å². The van der Waals surface area contributed by atoms with Gasteiger partial charge in [-0.2, -0.15) is 5.10 Å². The minimum absolute atomic E-state index is 0.179. The van der Waals surface area contributed by atoms with Crippen molar-refractivity contribution in [3.8, 4) is 11.3 Å². The van der Waals surface area contributed by atoms with Crippen LogP contribution in [0.25, 0.3) is 11.3 Å². The first kappa shape index (κ1) is 15.2. The number of rotatable bonds is 4. The lowest BCUT2D eigenvalue weighted by Gasteiger charge is -2.11. The molecule has 118 valence electrons. The number of urea groups is 1. The molecule has 6 nitrogen and oxygen atoms in total.